The number of anilines is 1. The van der Waals surface area contributed by atoms with E-state index in [-0.39, 0.29) is 5.71 Å². The van der Waals surface area contributed by atoms with Crippen LogP contribution in [0.4, 0.5) is 10.1 Å². The maximum atomic E-state index is 13.3. The zero-order chi connectivity index (χ0) is 14.5. The number of hydrazone groups is 1. The van der Waals surface area contributed by atoms with Gasteiger partial charge in [-0.1, -0.05) is 0 Å². The van der Waals surface area contributed by atoms with Crippen molar-refractivity contribution in [3.05, 3.63) is 42.0 Å². The van der Waals surface area contributed by atoms with Gasteiger partial charge in [0.05, 0.1) is 17.6 Å². The van der Waals surface area contributed by atoms with Gasteiger partial charge >= 0.3 is 0 Å². The molecule has 1 aromatic carbocycles. The van der Waals surface area contributed by atoms with Crippen molar-refractivity contribution in [2.75, 3.05) is 5.43 Å². The van der Waals surface area contributed by atoms with E-state index in [1.807, 2.05) is 6.92 Å². The van der Waals surface area contributed by atoms with Crippen molar-refractivity contribution in [2.24, 2.45) is 5.10 Å². The van der Waals surface area contributed by atoms with Gasteiger partial charge in [-0.25, -0.2) is 9.07 Å². The normalized spacial score (nSPS) is 9.40. The Labute approximate surface area is 114 Å². The molecule has 0 saturated heterocycles. The number of hydrogen-bond donors (Lipinski definition) is 1. The van der Waals surface area contributed by atoms with Crippen LogP contribution in [0.1, 0.15) is 5.56 Å². The summed E-state index contributed by atoms with van der Waals surface area (Å²) in [5, 5.41) is 24.9. The smallest absolute Gasteiger partial charge is 0.237 e. The van der Waals surface area contributed by atoms with Crippen LogP contribution in [0.2, 0.25) is 0 Å². The predicted octanol–water partition coefficient (Wildman–Crippen LogP) is 2.13. The third-order valence-corrected chi connectivity index (χ3v) is 2.42. The highest BCUT2D eigenvalue weighted by Crippen LogP contribution is 2.21. The molecule has 1 aromatic heterocycles. The van der Waals surface area contributed by atoms with Gasteiger partial charge in [-0.05, 0) is 24.6 Å². The molecule has 0 aliphatic carbocycles. The lowest BCUT2D eigenvalue weighted by atomic mass is 10.2. The highest BCUT2D eigenvalue weighted by molar-refractivity contribution is 6.10. The molecule has 7 heteroatoms. The third-order valence-electron chi connectivity index (χ3n) is 2.42. The molecule has 1 heterocycles. The lowest BCUT2D eigenvalue weighted by Crippen LogP contribution is -2.03. The fraction of sp³-hybridized carbons (Fsp3) is 0.0769. The van der Waals surface area contributed by atoms with Crippen molar-refractivity contribution in [1.82, 2.24) is 9.78 Å². The van der Waals surface area contributed by atoms with Gasteiger partial charge in [-0.2, -0.15) is 20.7 Å². The summed E-state index contributed by atoms with van der Waals surface area (Å²) in [5.41, 5.74) is 3.95. The third kappa shape index (κ3) is 2.79. The first-order chi connectivity index (χ1) is 9.63. The molecule has 0 fully saturated rings. The number of benzene rings is 1. The van der Waals surface area contributed by atoms with Gasteiger partial charge in [-0.3, -0.25) is 5.43 Å². The van der Waals surface area contributed by atoms with Crippen molar-refractivity contribution >= 4 is 11.4 Å². The molecule has 0 bridgehead atoms. The zero-order valence-corrected chi connectivity index (χ0v) is 10.5. The quantitative estimate of drug-likeness (QED) is 0.682. The molecule has 1 N–H and O–H groups in total. The maximum absolute atomic E-state index is 13.3. The number of nitriles is 2. The first kappa shape index (κ1) is 13.2. The minimum Gasteiger partial charge on any atom is -0.274 e. The number of aryl methyl sites for hydroxylation is 1. The second-order valence-corrected chi connectivity index (χ2v) is 3.92. The van der Waals surface area contributed by atoms with E-state index in [2.05, 4.69) is 15.6 Å². The Bertz CT molecular complexity index is 731. The summed E-state index contributed by atoms with van der Waals surface area (Å²) in [6.45, 7) is 1.88. The molecule has 0 unspecified atom stereocenters. The largest absolute Gasteiger partial charge is 0.274 e. The summed E-state index contributed by atoms with van der Waals surface area (Å²) in [4.78, 5) is 0. The Kier molecular flexibility index (Phi) is 3.73. The van der Waals surface area contributed by atoms with E-state index in [0.29, 0.717) is 11.4 Å². The van der Waals surface area contributed by atoms with Crippen molar-refractivity contribution < 1.29 is 4.39 Å². The second-order valence-electron chi connectivity index (χ2n) is 3.92. The van der Waals surface area contributed by atoms with Crippen LogP contribution >= 0.6 is 0 Å². The van der Waals surface area contributed by atoms with Gasteiger partial charge in [0.1, 0.15) is 18.0 Å². The zero-order valence-electron chi connectivity index (χ0n) is 10.5. The van der Waals surface area contributed by atoms with E-state index < -0.39 is 5.82 Å². The average Bonchev–Trinajstić information content (AvgIpc) is 2.86. The van der Waals surface area contributed by atoms with Crippen LogP contribution in [0.5, 0.6) is 0 Å². The fourth-order valence-electron chi connectivity index (χ4n) is 1.53. The molecule has 0 spiro atoms. The molecule has 0 saturated carbocycles. The lowest BCUT2D eigenvalue weighted by Gasteiger charge is -2.08. The van der Waals surface area contributed by atoms with Crippen LogP contribution in [0.3, 0.4) is 0 Å². The van der Waals surface area contributed by atoms with E-state index in [0.717, 1.165) is 5.56 Å². The Hall–Kier alpha value is -3.19. The number of nitrogens with one attached hydrogen (secondary N) is 1. The van der Waals surface area contributed by atoms with Crippen LogP contribution in [-0.2, 0) is 0 Å². The molecule has 0 amide bonds. The Morgan fingerprint density at radius 1 is 1.40 bits per heavy atom. The predicted molar refractivity (Wildman–Crippen MR) is 70.5 cm³/mol. The Morgan fingerprint density at radius 3 is 2.75 bits per heavy atom. The summed E-state index contributed by atoms with van der Waals surface area (Å²) in [7, 11) is 0. The molecule has 20 heavy (non-hydrogen) atoms. The number of hydrogen-bond acceptors (Lipinski definition) is 5. The lowest BCUT2D eigenvalue weighted by molar-refractivity contribution is 0.627. The van der Waals surface area contributed by atoms with Crippen LogP contribution in [0.15, 0.2) is 35.7 Å². The van der Waals surface area contributed by atoms with E-state index >= 15 is 0 Å². The minimum atomic E-state index is -0.467. The number of halogens is 1. The van der Waals surface area contributed by atoms with Gasteiger partial charge in [-0.15, -0.1) is 0 Å². The molecule has 0 radical (unpaired) electrons. The van der Waals surface area contributed by atoms with Crippen LogP contribution in [0.25, 0.3) is 5.69 Å². The molecule has 0 atom stereocenters. The standard InChI is InChI=1S/C13H9FN6/c1-9-7-17-20(8-9)13-3-2-10(14)4-12(13)19-18-11(5-15)6-16/h2-4,7-8,19H,1H3. The Balaban J connectivity index is 2.42. The van der Waals surface area contributed by atoms with E-state index in [1.165, 1.54) is 18.2 Å². The fourth-order valence-corrected chi connectivity index (χ4v) is 1.53. The second kappa shape index (κ2) is 5.63. The van der Waals surface area contributed by atoms with Crippen LogP contribution in [-0.4, -0.2) is 15.5 Å². The molecule has 2 aromatic rings. The van der Waals surface area contributed by atoms with Crippen molar-refractivity contribution in [3.63, 3.8) is 0 Å². The van der Waals surface area contributed by atoms with Gasteiger partial charge in [0, 0.05) is 12.3 Å². The SMILES string of the molecule is Cc1cnn(-c2ccc(F)cc2NN=C(C#N)C#N)c1. The van der Waals surface area contributed by atoms with Gasteiger partial charge in [0.25, 0.3) is 0 Å². The topological polar surface area (TPSA) is 89.8 Å². The number of aromatic nitrogens is 2. The highest BCUT2D eigenvalue weighted by Gasteiger charge is 2.07. The van der Waals surface area contributed by atoms with E-state index in [4.69, 9.17) is 10.5 Å². The van der Waals surface area contributed by atoms with Crippen LogP contribution < -0.4 is 5.43 Å². The molecular formula is C13H9FN6. The Morgan fingerprint density at radius 2 is 2.15 bits per heavy atom. The van der Waals surface area contributed by atoms with Gasteiger partial charge in [0.2, 0.25) is 5.71 Å². The van der Waals surface area contributed by atoms with E-state index in [1.54, 1.807) is 29.2 Å². The maximum Gasteiger partial charge on any atom is 0.237 e. The van der Waals surface area contributed by atoms with Gasteiger partial charge < -0.3 is 0 Å². The number of rotatable bonds is 3. The van der Waals surface area contributed by atoms with Crippen molar-refractivity contribution in [2.45, 2.75) is 6.92 Å². The molecule has 98 valence electrons. The number of nitrogens with zero attached hydrogens (tertiary/aromatic N) is 5. The minimum absolute atomic E-state index is 0.302. The average molecular weight is 268 g/mol. The summed E-state index contributed by atoms with van der Waals surface area (Å²) in [6, 6.07) is 7.25. The monoisotopic (exact) mass is 268 g/mol. The molecule has 6 nitrogen and oxygen atoms in total. The van der Waals surface area contributed by atoms with E-state index in [9.17, 15) is 4.39 Å². The van der Waals surface area contributed by atoms with Crippen LogP contribution in [0, 0.1) is 35.4 Å². The van der Waals surface area contributed by atoms with Gasteiger partial charge in [0.15, 0.2) is 0 Å². The summed E-state index contributed by atoms with van der Waals surface area (Å²) < 4.78 is 14.9. The molecule has 0 aliphatic rings. The first-order valence-corrected chi connectivity index (χ1v) is 5.59. The molecule has 0 aliphatic heterocycles. The van der Waals surface area contributed by atoms with Crippen molar-refractivity contribution in [1.29, 1.82) is 10.5 Å². The summed E-state index contributed by atoms with van der Waals surface area (Å²) in [5.74, 6) is -0.467. The highest BCUT2D eigenvalue weighted by atomic mass is 19.1. The summed E-state index contributed by atoms with van der Waals surface area (Å²) in [6.07, 6.45) is 3.42. The van der Waals surface area contributed by atoms with Crippen molar-refractivity contribution in [3.8, 4) is 17.8 Å². The first-order valence-electron chi connectivity index (χ1n) is 5.59. The molecule has 2 rings (SSSR count). The summed E-state index contributed by atoms with van der Waals surface area (Å²) >= 11 is 0. The molecular weight excluding hydrogens is 259 g/mol.